The van der Waals surface area contributed by atoms with Crippen LogP contribution in [-0.2, 0) is 18.4 Å². The minimum atomic E-state index is -4.59. The number of aliphatic hydroxyl groups is 1. The first-order valence-electron chi connectivity index (χ1n) is 25.7. The number of hydrogen-bond acceptors (Lipinski definition) is 6. The van der Waals surface area contributed by atoms with Crippen molar-refractivity contribution in [2.24, 2.45) is 0 Å². The second-order valence-electron chi connectivity index (χ2n) is 18.9. The van der Waals surface area contributed by atoms with Crippen molar-refractivity contribution < 1.29 is 32.9 Å². The summed E-state index contributed by atoms with van der Waals surface area (Å²) in [5, 5.41) is 13.8. The van der Waals surface area contributed by atoms with Gasteiger partial charge in [-0.2, -0.15) is 0 Å². The average Bonchev–Trinajstić information content (AvgIpc) is 3.20. The summed E-state index contributed by atoms with van der Waals surface area (Å²) in [6, 6.07) is -0.885. The minimum absolute atomic E-state index is 0.0000864. The highest BCUT2D eigenvalue weighted by molar-refractivity contribution is 7.45. The molecule has 0 aromatic rings. The van der Waals surface area contributed by atoms with E-state index in [1.165, 1.54) is 186 Å². The third-order valence-corrected chi connectivity index (χ3v) is 12.6. The molecule has 0 radical (unpaired) electrons. The molecule has 356 valence electrons. The Hall–Kier alpha value is -1.02. The SMILES string of the molecule is CCCCCCCCCC/C=C\CCCCCCCCCCCC(=O)NC(COP(=O)([O-])OCC[N+](C)(C)C)C(O)/C=C/CCCCCCCCCCCCCCCCC. The van der Waals surface area contributed by atoms with Crippen molar-refractivity contribution in [3.8, 4) is 0 Å². The fourth-order valence-corrected chi connectivity index (χ4v) is 8.28. The number of unbranched alkanes of at least 4 members (excludes halogenated alkanes) is 32. The van der Waals surface area contributed by atoms with Crippen molar-refractivity contribution in [2.45, 2.75) is 257 Å². The zero-order chi connectivity index (χ0) is 44.3. The first-order chi connectivity index (χ1) is 29.0. The average molecular weight is 869 g/mol. The third-order valence-electron chi connectivity index (χ3n) is 11.7. The maximum Gasteiger partial charge on any atom is 0.268 e. The molecule has 0 rings (SSSR count). The van der Waals surface area contributed by atoms with Crippen LogP contribution < -0.4 is 10.2 Å². The lowest BCUT2D eigenvalue weighted by molar-refractivity contribution is -0.870. The van der Waals surface area contributed by atoms with Gasteiger partial charge in [-0.05, 0) is 44.9 Å². The fraction of sp³-hybridized carbons (Fsp3) is 0.902. The molecule has 2 N–H and O–H groups in total. The largest absolute Gasteiger partial charge is 0.756 e. The number of hydrogen-bond donors (Lipinski definition) is 2. The van der Waals surface area contributed by atoms with Crippen molar-refractivity contribution in [3.05, 3.63) is 24.3 Å². The summed E-state index contributed by atoms with van der Waals surface area (Å²) in [6.45, 7) is 4.67. The van der Waals surface area contributed by atoms with Gasteiger partial charge in [-0.1, -0.05) is 218 Å². The molecule has 0 saturated carbocycles. The van der Waals surface area contributed by atoms with E-state index < -0.39 is 20.0 Å². The number of allylic oxidation sites excluding steroid dienone is 3. The van der Waals surface area contributed by atoms with Crippen molar-refractivity contribution in [2.75, 3.05) is 40.9 Å². The van der Waals surface area contributed by atoms with Gasteiger partial charge in [0, 0.05) is 6.42 Å². The van der Waals surface area contributed by atoms with Crippen LogP contribution in [0.4, 0.5) is 0 Å². The van der Waals surface area contributed by atoms with Crippen LogP contribution in [0.2, 0.25) is 0 Å². The van der Waals surface area contributed by atoms with Crippen molar-refractivity contribution in [3.63, 3.8) is 0 Å². The van der Waals surface area contributed by atoms with Gasteiger partial charge in [0.25, 0.3) is 7.82 Å². The monoisotopic (exact) mass is 869 g/mol. The molecule has 60 heavy (non-hydrogen) atoms. The molecule has 0 heterocycles. The maximum atomic E-state index is 12.9. The number of phosphoric ester groups is 1. The molecule has 1 amide bonds. The lowest BCUT2D eigenvalue weighted by atomic mass is 10.0. The summed E-state index contributed by atoms with van der Waals surface area (Å²) in [5.41, 5.74) is 0. The summed E-state index contributed by atoms with van der Waals surface area (Å²) >= 11 is 0. The number of quaternary nitrogens is 1. The molecule has 0 aliphatic carbocycles. The van der Waals surface area contributed by atoms with Crippen LogP contribution in [-0.4, -0.2) is 68.5 Å². The van der Waals surface area contributed by atoms with E-state index in [-0.39, 0.29) is 19.1 Å². The number of carbonyl (C=O) groups excluding carboxylic acids is 1. The Balaban J connectivity index is 4.29. The number of amides is 1. The number of nitrogens with one attached hydrogen (secondary N) is 1. The molecule has 0 aliphatic rings. The number of carbonyl (C=O) groups is 1. The van der Waals surface area contributed by atoms with E-state index in [0.29, 0.717) is 17.4 Å². The highest BCUT2D eigenvalue weighted by Crippen LogP contribution is 2.38. The van der Waals surface area contributed by atoms with E-state index in [1.807, 2.05) is 27.2 Å². The number of aliphatic hydroxyl groups excluding tert-OH is 1. The van der Waals surface area contributed by atoms with Crippen LogP contribution in [0.5, 0.6) is 0 Å². The summed E-state index contributed by atoms with van der Waals surface area (Å²) in [5.74, 6) is -0.197. The Morgan fingerprint density at radius 2 is 0.917 bits per heavy atom. The van der Waals surface area contributed by atoms with Gasteiger partial charge in [-0.15, -0.1) is 0 Å². The lowest BCUT2D eigenvalue weighted by Crippen LogP contribution is -2.45. The van der Waals surface area contributed by atoms with E-state index in [0.717, 1.165) is 38.5 Å². The van der Waals surface area contributed by atoms with Gasteiger partial charge < -0.3 is 28.8 Å². The van der Waals surface area contributed by atoms with Gasteiger partial charge in [-0.25, -0.2) is 0 Å². The molecule has 0 aromatic carbocycles. The zero-order valence-corrected chi connectivity index (χ0v) is 41.3. The second-order valence-corrected chi connectivity index (χ2v) is 20.3. The van der Waals surface area contributed by atoms with Crippen LogP contribution >= 0.6 is 7.82 Å². The van der Waals surface area contributed by atoms with Gasteiger partial charge in [-0.3, -0.25) is 9.36 Å². The molecule has 9 heteroatoms. The molecule has 3 atom stereocenters. The summed E-state index contributed by atoms with van der Waals surface area (Å²) in [7, 11) is 1.27. The van der Waals surface area contributed by atoms with E-state index in [1.54, 1.807) is 6.08 Å². The third kappa shape index (κ3) is 45.0. The predicted octanol–water partition coefficient (Wildman–Crippen LogP) is 14.2. The Morgan fingerprint density at radius 1 is 0.567 bits per heavy atom. The van der Waals surface area contributed by atoms with Crippen LogP contribution in [0, 0.1) is 0 Å². The summed E-state index contributed by atoms with van der Waals surface area (Å²) in [4.78, 5) is 25.4. The first-order valence-corrected chi connectivity index (χ1v) is 27.2. The zero-order valence-electron chi connectivity index (χ0n) is 40.4. The minimum Gasteiger partial charge on any atom is -0.756 e. The molecule has 0 spiro atoms. The Morgan fingerprint density at radius 3 is 1.30 bits per heavy atom. The maximum absolute atomic E-state index is 12.9. The van der Waals surface area contributed by atoms with Crippen molar-refractivity contribution >= 4 is 13.7 Å². The number of rotatable bonds is 47. The number of likely N-dealkylation sites (N-methyl/N-ethyl adjacent to an activating group) is 1. The van der Waals surface area contributed by atoms with Gasteiger partial charge >= 0.3 is 0 Å². The molecular weight excluding hydrogens is 768 g/mol. The van der Waals surface area contributed by atoms with E-state index in [4.69, 9.17) is 9.05 Å². The molecule has 0 aromatic heterocycles. The Labute approximate surface area is 373 Å². The van der Waals surface area contributed by atoms with Gasteiger partial charge in [0.1, 0.15) is 13.2 Å². The van der Waals surface area contributed by atoms with Crippen LogP contribution in [0.25, 0.3) is 0 Å². The van der Waals surface area contributed by atoms with Gasteiger partial charge in [0.05, 0.1) is 39.9 Å². The predicted molar refractivity (Wildman–Crippen MR) is 256 cm³/mol. The molecule has 3 unspecified atom stereocenters. The van der Waals surface area contributed by atoms with Crippen molar-refractivity contribution in [1.29, 1.82) is 0 Å². The smallest absolute Gasteiger partial charge is 0.268 e. The summed E-state index contributed by atoms with van der Waals surface area (Å²) in [6.07, 6.45) is 52.3. The van der Waals surface area contributed by atoms with E-state index in [2.05, 4.69) is 31.3 Å². The summed E-state index contributed by atoms with van der Waals surface area (Å²) < 4.78 is 23.3. The quantitative estimate of drug-likeness (QED) is 0.0273. The molecular formula is C51H101N2O6P. The molecule has 0 aliphatic heterocycles. The Bertz CT molecular complexity index is 1030. The van der Waals surface area contributed by atoms with E-state index >= 15 is 0 Å². The molecule has 8 nitrogen and oxygen atoms in total. The van der Waals surface area contributed by atoms with Gasteiger partial charge in [0.15, 0.2) is 0 Å². The second kappa shape index (κ2) is 43.2. The molecule has 0 fully saturated rings. The normalized spacial score (nSPS) is 14.3. The van der Waals surface area contributed by atoms with Crippen LogP contribution in [0.3, 0.4) is 0 Å². The van der Waals surface area contributed by atoms with Gasteiger partial charge in [0.2, 0.25) is 5.91 Å². The first kappa shape index (κ1) is 59.0. The molecule has 0 saturated heterocycles. The number of phosphoric acid groups is 1. The standard InChI is InChI=1S/C51H101N2O6P/c1-6-8-10-12-14-16-18-20-22-24-25-26-27-29-31-33-35-37-39-41-43-45-51(55)52-49(48-59-60(56,57)58-47-46-53(3,4)5)50(54)44-42-40-38-36-34-32-30-28-23-21-19-17-15-13-11-9-7-2/h24-25,42,44,49-50,54H,6-23,26-41,43,45-48H2,1-5H3,(H-,52,55,56,57)/b25-24-,44-42+. The molecule has 0 bridgehead atoms. The number of nitrogens with zero attached hydrogens (tertiary/aromatic N) is 1. The highest BCUT2D eigenvalue weighted by Gasteiger charge is 2.23. The lowest BCUT2D eigenvalue weighted by Gasteiger charge is -2.29. The fourth-order valence-electron chi connectivity index (χ4n) is 7.56. The van der Waals surface area contributed by atoms with Crippen molar-refractivity contribution in [1.82, 2.24) is 5.32 Å². The Kier molecular flexibility index (Phi) is 42.5. The van der Waals surface area contributed by atoms with Crippen LogP contribution in [0.1, 0.15) is 245 Å². The highest BCUT2D eigenvalue weighted by atomic mass is 31.2. The topological polar surface area (TPSA) is 108 Å². The van der Waals surface area contributed by atoms with E-state index in [9.17, 15) is 19.4 Å². The van der Waals surface area contributed by atoms with Crippen LogP contribution in [0.15, 0.2) is 24.3 Å².